The lowest BCUT2D eigenvalue weighted by atomic mass is 9.73. The average molecular weight is 364 g/mol. The number of hydrogen-bond donors (Lipinski definition) is 2. The number of carboxylic acid groups (broad SMARTS) is 1. The van der Waals surface area contributed by atoms with E-state index in [0.717, 1.165) is 0 Å². The highest BCUT2D eigenvalue weighted by atomic mass is 19.1. The maximum Gasteiger partial charge on any atom is 0.336 e. The molecule has 0 aliphatic carbocycles. The Hall–Kier alpha value is -2.47. The van der Waals surface area contributed by atoms with Crippen LogP contribution in [0.3, 0.4) is 0 Å². The summed E-state index contributed by atoms with van der Waals surface area (Å²) in [6.07, 6.45) is -0.393. The van der Waals surface area contributed by atoms with Gasteiger partial charge in [-0.1, -0.05) is 26.0 Å². The quantitative estimate of drug-likeness (QED) is 0.786. The Morgan fingerprint density at radius 1 is 1.08 bits per heavy atom. The third-order valence-electron chi connectivity index (χ3n) is 4.43. The highest BCUT2D eigenvalue weighted by Gasteiger charge is 2.43. The van der Waals surface area contributed by atoms with Crippen LogP contribution >= 0.6 is 0 Å². The Balaban J connectivity index is 2.37. The number of rotatable bonds is 7. The van der Waals surface area contributed by atoms with Gasteiger partial charge in [0, 0.05) is 12.0 Å². The first-order chi connectivity index (χ1) is 12.1. The fraction of sp³-hybridized carbons (Fsp3) is 0.350. The topological polar surface area (TPSA) is 66.8 Å². The fourth-order valence-electron chi connectivity index (χ4n) is 3.19. The van der Waals surface area contributed by atoms with Crippen molar-refractivity contribution >= 4 is 5.97 Å². The first kappa shape index (κ1) is 19.8. The summed E-state index contributed by atoms with van der Waals surface area (Å²) < 4.78 is 32.0. The Labute approximate surface area is 151 Å². The second-order valence-corrected chi connectivity index (χ2v) is 7.05. The van der Waals surface area contributed by atoms with E-state index >= 15 is 0 Å². The van der Waals surface area contributed by atoms with Crippen molar-refractivity contribution in [3.8, 4) is 5.75 Å². The molecule has 0 radical (unpaired) electrons. The normalized spacial score (nSPS) is 13.9. The van der Waals surface area contributed by atoms with Gasteiger partial charge >= 0.3 is 5.97 Å². The summed E-state index contributed by atoms with van der Waals surface area (Å²) in [6.45, 7) is 3.42. The molecule has 1 unspecified atom stereocenters. The van der Waals surface area contributed by atoms with Crippen molar-refractivity contribution in [1.82, 2.24) is 0 Å². The smallest absolute Gasteiger partial charge is 0.336 e. The Bertz CT molecular complexity index is 787. The van der Waals surface area contributed by atoms with Crippen molar-refractivity contribution in [2.75, 3.05) is 7.11 Å². The van der Waals surface area contributed by atoms with Gasteiger partial charge in [-0.2, -0.15) is 0 Å². The lowest BCUT2D eigenvalue weighted by Crippen LogP contribution is -2.45. The van der Waals surface area contributed by atoms with Gasteiger partial charge < -0.3 is 14.9 Å². The molecule has 6 heteroatoms. The zero-order chi connectivity index (χ0) is 19.5. The standard InChI is InChI=1S/C20H22F2O4/c1-19(2,16-10-15(22)8-9-17(16)26-3)12-20(25,18(23)24)11-13-4-6-14(21)7-5-13/h4-10,25H,11-12H2,1-3H3,(H,23,24). The summed E-state index contributed by atoms with van der Waals surface area (Å²) in [4.78, 5) is 11.8. The summed E-state index contributed by atoms with van der Waals surface area (Å²) in [7, 11) is 1.44. The molecule has 0 bridgehead atoms. The van der Waals surface area contributed by atoms with E-state index in [0.29, 0.717) is 16.9 Å². The van der Waals surface area contributed by atoms with Gasteiger partial charge in [0.1, 0.15) is 17.4 Å². The molecular weight excluding hydrogens is 342 g/mol. The second kappa shape index (κ2) is 7.41. The highest BCUT2D eigenvalue weighted by Crippen LogP contribution is 2.39. The number of ether oxygens (including phenoxy) is 1. The zero-order valence-corrected chi connectivity index (χ0v) is 14.9. The van der Waals surface area contributed by atoms with E-state index in [9.17, 15) is 23.8 Å². The van der Waals surface area contributed by atoms with E-state index in [4.69, 9.17) is 4.74 Å². The van der Waals surface area contributed by atoms with Crippen LogP contribution in [0.15, 0.2) is 42.5 Å². The molecule has 0 aromatic heterocycles. The zero-order valence-electron chi connectivity index (χ0n) is 14.9. The summed E-state index contributed by atoms with van der Waals surface area (Å²) in [5, 5.41) is 20.4. The number of carboxylic acids is 1. The van der Waals surface area contributed by atoms with Crippen molar-refractivity contribution in [3.63, 3.8) is 0 Å². The monoisotopic (exact) mass is 364 g/mol. The first-order valence-electron chi connectivity index (χ1n) is 8.12. The van der Waals surface area contributed by atoms with Crippen molar-refractivity contribution in [2.24, 2.45) is 0 Å². The number of halogens is 2. The molecule has 4 nitrogen and oxygen atoms in total. The number of hydrogen-bond acceptors (Lipinski definition) is 3. The van der Waals surface area contributed by atoms with E-state index < -0.39 is 28.6 Å². The summed E-state index contributed by atoms with van der Waals surface area (Å²) in [5.41, 5.74) is -2.07. The molecule has 1 atom stereocenters. The molecule has 0 saturated heterocycles. The molecule has 0 spiro atoms. The first-order valence-corrected chi connectivity index (χ1v) is 8.12. The lowest BCUT2D eigenvalue weighted by molar-refractivity contribution is -0.160. The molecule has 26 heavy (non-hydrogen) atoms. The number of aliphatic carboxylic acids is 1. The van der Waals surface area contributed by atoms with Crippen LogP contribution in [0, 0.1) is 11.6 Å². The number of benzene rings is 2. The molecule has 0 aliphatic rings. The number of carbonyl (C=O) groups is 1. The van der Waals surface area contributed by atoms with Gasteiger partial charge in [0.25, 0.3) is 0 Å². The van der Waals surface area contributed by atoms with Crippen LogP contribution < -0.4 is 4.74 Å². The van der Waals surface area contributed by atoms with E-state index in [-0.39, 0.29) is 12.8 Å². The van der Waals surface area contributed by atoms with Crippen LogP contribution in [0.5, 0.6) is 5.75 Å². The molecule has 2 N–H and O–H groups in total. The third-order valence-corrected chi connectivity index (χ3v) is 4.43. The lowest BCUT2D eigenvalue weighted by Gasteiger charge is -2.34. The minimum Gasteiger partial charge on any atom is -0.496 e. The van der Waals surface area contributed by atoms with Crippen LogP contribution in [0.25, 0.3) is 0 Å². The fourth-order valence-corrected chi connectivity index (χ4v) is 3.19. The molecule has 0 heterocycles. The van der Waals surface area contributed by atoms with Crippen LogP contribution in [0.4, 0.5) is 8.78 Å². The minimum absolute atomic E-state index is 0.188. The van der Waals surface area contributed by atoms with Gasteiger partial charge in [-0.05, 0) is 47.7 Å². The molecule has 2 rings (SSSR count). The van der Waals surface area contributed by atoms with Gasteiger partial charge in [0.2, 0.25) is 0 Å². The van der Waals surface area contributed by atoms with Gasteiger partial charge in [0.15, 0.2) is 5.60 Å². The van der Waals surface area contributed by atoms with Crippen molar-refractivity contribution in [3.05, 3.63) is 65.2 Å². The van der Waals surface area contributed by atoms with Gasteiger partial charge in [-0.3, -0.25) is 0 Å². The number of aliphatic hydroxyl groups is 1. The second-order valence-electron chi connectivity index (χ2n) is 7.05. The maximum atomic E-state index is 13.7. The van der Waals surface area contributed by atoms with Crippen LogP contribution in [0.2, 0.25) is 0 Å². The van der Waals surface area contributed by atoms with Crippen molar-refractivity contribution in [1.29, 1.82) is 0 Å². The summed E-state index contributed by atoms with van der Waals surface area (Å²) in [6, 6.07) is 9.26. The van der Waals surface area contributed by atoms with Crippen LogP contribution in [0.1, 0.15) is 31.4 Å². The number of methoxy groups -OCH3 is 1. The summed E-state index contributed by atoms with van der Waals surface area (Å²) >= 11 is 0. The maximum absolute atomic E-state index is 13.7. The molecule has 0 saturated carbocycles. The van der Waals surface area contributed by atoms with E-state index in [1.165, 1.54) is 49.6 Å². The van der Waals surface area contributed by atoms with Gasteiger partial charge in [0.05, 0.1) is 7.11 Å². The largest absolute Gasteiger partial charge is 0.496 e. The highest BCUT2D eigenvalue weighted by molar-refractivity contribution is 5.78. The Morgan fingerprint density at radius 2 is 1.65 bits per heavy atom. The summed E-state index contributed by atoms with van der Waals surface area (Å²) in [5.74, 6) is -1.92. The van der Waals surface area contributed by atoms with Gasteiger partial charge in [-0.15, -0.1) is 0 Å². The molecule has 0 aliphatic heterocycles. The molecule has 140 valence electrons. The van der Waals surface area contributed by atoms with E-state index in [1.54, 1.807) is 13.8 Å². The van der Waals surface area contributed by atoms with Crippen LogP contribution in [-0.4, -0.2) is 28.9 Å². The van der Waals surface area contributed by atoms with Crippen LogP contribution in [-0.2, 0) is 16.6 Å². The van der Waals surface area contributed by atoms with Crippen molar-refractivity contribution in [2.45, 2.75) is 37.7 Å². The average Bonchev–Trinajstić information content (AvgIpc) is 2.56. The SMILES string of the molecule is COc1ccc(F)cc1C(C)(C)CC(O)(Cc1ccc(F)cc1)C(=O)O. The molecule has 0 fully saturated rings. The molecule has 2 aromatic rings. The Morgan fingerprint density at radius 3 is 2.19 bits per heavy atom. The third kappa shape index (κ3) is 4.38. The Kier molecular flexibility index (Phi) is 5.66. The minimum atomic E-state index is -2.11. The van der Waals surface area contributed by atoms with Gasteiger partial charge in [-0.25, -0.2) is 13.6 Å². The van der Waals surface area contributed by atoms with E-state index in [2.05, 4.69) is 0 Å². The molecular formula is C20H22F2O4. The predicted molar refractivity (Wildman–Crippen MR) is 93.3 cm³/mol. The molecule has 0 amide bonds. The molecule has 2 aromatic carbocycles. The van der Waals surface area contributed by atoms with E-state index in [1.807, 2.05) is 0 Å². The predicted octanol–water partition coefficient (Wildman–Crippen LogP) is 3.70. The van der Waals surface area contributed by atoms with Crippen molar-refractivity contribution < 1.29 is 28.5 Å².